The van der Waals surface area contributed by atoms with Crippen molar-refractivity contribution in [1.82, 2.24) is 4.40 Å². The van der Waals surface area contributed by atoms with Crippen LogP contribution >= 0.6 is 0 Å². The lowest BCUT2D eigenvalue weighted by Crippen LogP contribution is -2.06. The normalized spacial score (nSPS) is 10.9. The van der Waals surface area contributed by atoms with Crippen LogP contribution in [0, 0.1) is 6.92 Å². The van der Waals surface area contributed by atoms with E-state index in [0.717, 1.165) is 36.0 Å². The van der Waals surface area contributed by atoms with Gasteiger partial charge >= 0.3 is 0 Å². The van der Waals surface area contributed by atoms with Gasteiger partial charge in [-0.1, -0.05) is 26.3 Å². The first-order valence-corrected chi connectivity index (χ1v) is 6.19. The molecule has 2 nitrogen and oxygen atoms in total. The van der Waals surface area contributed by atoms with Crippen LogP contribution in [0.5, 0.6) is 0 Å². The lowest BCUT2D eigenvalue weighted by atomic mass is 10.1. The Balaban J connectivity index is 2.46. The number of aromatic nitrogens is 1. The zero-order valence-electron chi connectivity index (χ0n) is 10.3. The lowest BCUT2D eigenvalue weighted by molar-refractivity contribution is 0.0974. The van der Waals surface area contributed by atoms with E-state index < -0.39 is 0 Å². The molecule has 0 aliphatic heterocycles. The van der Waals surface area contributed by atoms with Gasteiger partial charge in [0.05, 0.1) is 5.69 Å². The predicted octanol–water partition coefficient (Wildman–Crippen LogP) is 3.69. The van der Waals surface area contributed by atoms with Gasteiger partial charge in [-0.3, -0.25) is 4.79 Å². The van der Waals surface area contributed by atoms with E-state index in [2.05, 4.69) is 19.9 Å². The first-order valence-electron chi connectivity index (χ1n) is 6.19. The van der Waals surface area contributed by atoms with Crippen LogP contribution in [0.15, 0.2) is 30.5 Å². The van der Waals surface area contributed by atoms with Gasteiger partial charge in [0.15, 0.2) is 5.78 Å². The second kappa shape index (κ2) is 5.17. The highest BCUT2D eigenvalue weighted by Gasteiger charge is 2.15. The van der Waals surface area contributed by atoms with Crippen LogP contribution in [-0.4, -0.2) is 10.2 Å². The molecule has 0 amide bonds. The van der Waals surface area contributed by atoms with Crippen molar-refractivity contribution in [3.8, 4) is 0 Å². The van der Waals surface area contributed by atoms with Crippen molar-refractivity contribution < 1.29 is 4.79 Å². The summed E-state index contributed by atoms with van der Waals surface area (Å²) in [7, 11) is 0. The Morgan fingerprint density at radius 3 is 2.94 bits per heavy atom. The van der Waals surface area contributed by atoms with Crippen molar-refractivity contribution in [3.63, 3.8) is 0 Å². The summed E-state index contributed by atoms with van der Waals surface area (Å²) in [5.74, 6) is 0.233. The van der Waals surface area contributed by atoms with Gasteiger partial charge in [0.2, 0.25) is 0 Å². The monoisotopic (exact) mass is 228 g/mol. The summed E-state index contributed by atoms with van der Waals surface area (Å²) in [4.78, 5) is 12.2. The minimum absolute atomic E-state index is 0.233. The molecule has 0 aliphatic rings. The molecule has 2 rings (SSSR count). The number of rotatable bonds is 5. The summed E-state index contributed by atoms with van der Waals surface area (Å²) in [5.41, 5.74) is 3.10. The number of ketones is 1. The number of aryl methyl sites for hydroxylation is 1. The van der Waals surface area contributed by atoms with Crippen LogP contribution in [0.1, 0.15) is 42.2 Å². The SMILES string of the molecule is [CH2]CCCC(=O)c1c(CC)cc2ccccn12. The fourth-order valence-corrected chi connectivity index (χ4v) is 2.17. The van der Waals surface area contributed by atoms with Crippen LogP contribution < -0.4 is 0 Å². The highest BCUT2D eigenvalue weighted by molar-refractivity contribution is 5.97. The molecule has 89 valence electrons. The Morgan fingerprint density at radius 1 is 1.41 bits per heavy atom. The first-order chi connectivity index (χ1) is 8.27. The number of hydrogen-bond acceptors (Lipinski definition) is 1. The van der Waals surface area contributed by atoms with Crippen LogP contribution in [0.2, 0.25) is 0 Å². The van der Waals surface area contributed by atoms with Crippen molar-refractivity contribution in [3.05, 3.63) is 48.6 Å². The molecular weight excluding hydrogens is 210 g/mol. The average molecular weight is 228 g/mol. The molecular formula is C15H18NO. The molecule has 2 heteroatoms. The molecule has 0 bridgehead atoms. The van der Waals surface area contributed by atoms with Gasteiger partial charge in [0.25, 0.3) is 0 Å². The zero-order chi connectivity index (χ0) is 12.3. The van der Waals surface area contributed by atoms with Gasteiger partial charge in [-0.05, 0) is 36.6 Å². The molecule has 0 N–H and O–H groups in total. The minimum atomic E-state index is 0.233. The number of carbonyl (C=O) groups is 1. The summed E-state index contributed by atoms with van der Waals surface area (Å²) in [6, 6.07) is 8.11. The topological polar surface area (TPSA) is 21.5 Å². The van der Waals surface area contributed by atoms with Crippen LogP contribution in [0.3, 0.4) is 0 Å². The molecule has 0 unspecified atom stereocenters. The van der Waals surface area contributed by atoms with E-state index in [1.165, 1.54) is 0 Å². The van der Waals surface area contributed by atoms with E-state index in [4.69, 9.17) is 0 Å². The molecule has 0 saturated carbocycles. The third-order valence-corrected chi connectivity index (χ3v) is 3.06. The average Bonchev–Trinajstić information content (AvgIpc) is 2.74. The maximum absolute atomic E-state index is 12.2. The number of Topliss-reactive ketones (excluding diaryl/α,β-unsaturated/α-hetero) is 1. The van der Waals surface area contributed by atoms with Crippen LogP contribution in [-0.2, 0) is 6.42 Å². The molecule has 2 aromatic rings. The molecule has 0 fully saturated rings. The summed E-state index contributed by atoms with van der Waals surface area (Å²) in [6.07, 6.45) is 5.13. The summed E-state index contributed by atoms with van der Waals surface area (Å²) in [6.45, 7) is 5.88. The van der Waals surface area contributed by atoms with Crippen molar-refractivity contribution >= 4 is 11.3 Å². The van der Waals surface area contributed by atoms with Gasteiger partial charge in [0.1, 0.15) is 0 Å². The van der Waals surface area contributed by atoms with E-state index in [1.54, 1.807) is 0 Å². The maximum atomic E-state index is 12.2. The highest BCUT2D eigenvalue weighted by Crippen LogP contribution is 2.19. The molecule has 17 heavy (non-hydrogen) atoms. The van der Waals surface area contributed by atoms with E-state index >= 15 is 0 Å². The number of hydrogen-bond donors (Lipinski definition) is 0. The maximum Gasteiger partial charge on any atom is 0.179 e. The van der Waals surface area contributed by atoms with Crippen molar-refractivity contribution in [2.24, 2.45) is 0 Å². The second-order valence-corrected chi connectivity index (χ2v) is 4.25. The van der Waals surface area contributed by atoms with Gasteiger partial charge in [-0.15, -0.1) is 0 Å². The van der Waals surface area contributed by atoms with Crippen LogP contribution in [0.25, 0.3) is 5.52 Å². The molecule has 0 aliphatic carbocycles. The fraction of sp³-hybridized carbons (Fsp3) is 0.333. The minimum Gasteiger partial charge on any atom is -0.314 e. The fourth-order valence-electron chi connectivity index (χ4n) is 2.17. The third-order valence-electron chi connectivity index (χ3n) is 3.06. The van der Waals surface area contributed by atoms with Gasteiger partial charge < -0.3 is 4.40 Å². The molecule has 0 saturated heterocycles. The quantitative estimate of drug-likeness (QED) is 0.715. The van der Waals surface area contributed by atoms with E-state index in [1.807, 2.05) is 28.8 Å². The van der Waals surface area contributed by atoms with Crippen molar-refractivity contribution in [2.45, 2.75) is 32.6 Å². The Morgan fingerprint density at radius 2 is 2.24 bits per heavy atom. The molecule has 0 spiro atoms. The number of unbranched alkanes of at least 4 members (excludes halogenated alkanes) is 1. The number of nitrogens with zero attached hydrogens (tertiary/aromatic N) is 1. The molecule has 0 atom stereocenters. The van der Waals surface area contributed by atoms with Gasteiger partial charge in [0, 0.05) is 18.1 Å². The summed E-state index contributed by atoms with van der Waals surface area (Å²) >= 11 is 0. The Kier molecular flexibility index (Phi) is 3.62. The molecule has 2 heterocycles. The summed E-state index contributed by atoms with van der Waals surface area (Å²) in [5, 5.41) is 0. The second-order valence-electron chi connectivity index (χ2n) is 4.25. The van der Waals surface area contributed by atoms with Gasteiger partial charge in [-0.25, -0.2) is 0 Å². The zero-order valence-corrected chi connectivity index (χ0v) is 10.3. The number of carbonyl (C=O) groups excluding carboxylic acids is 1. The summed E-state index contributed by atoms with van der Waals surface area (Å²) < 4.78 is 2.00. The Bertz CT molecular complexity index is 525. The largest absolute Gasteiger partial charge is 0.314 e. The predicted molar refractivity (Wildman–Crippen MR) is 70.3 cm³/mol. The Hall–Kier alpha value is -1.57. The smallest absolute Gasteiger partial charge is 0.179 e. The first kappa shape index (κ1) is 11.9. The molecule has 2 aromatic heterocycles. The van der Waals surface area contributed by atoms with Crippen molar-refractivity contribution in [2.75, 3.05) is 0 Å². The van der Waals surface area contributed by atoms with Crippen molar-refractivity contribution in [1.29, 1.82) is 0 Å². The van der Waals surface area contributed by atoms with Crippen LogP contribution in [0.4, 0.5) is 0 Å². The lowest BCUT2D eigenvalue weighted by Gasteiger charge is -2.04. The number of fused-ring (bicyclic) bond motifs is 1. The molecule has 0 aromatic carbocycles. The Labute approximate surface area is 102 Å². The van der Waals surface area contributed by atoms with Gasteiger partial charge in [-0.2, -0.15) is 0 Å². The number of pyridine rings is 1. The van der Waals surface area contributed by atoms with E-state index in [-0.39, 0.29) is 5.78 Å². The van der Waals surface area contributed by atoms with E-state index in [9.17, 15) is 4.79 Å². The third kappa shape index (κ3) is 2.26. The highest BCUT2D eigenvalue weighted by atomic mass is 16.1. The standard InChI is InChI=1S/C15H18NO/c1-3-5-9-14(17)15-12(4-2)11-13-8-6-7-10-16(13)15/h6-8,10-11H,1,3-5,9H2,2H3. The van der Waals surface area contributed by atoms with E-state index in [0.29, 0.717) is 6.42 Å². The molecule has 1 radical (unpaired) electrons.